The molecule has 0 saturated heterocycles. The first kappa shape index (κ1) is 16.6. The first-order valence-corrected chi connectivity index (χ1v) is 8.76. The van der Waals surface area contributed by atoms with Crippen molar-refractivity contribution in [1.82, 2.24) is 4.57 Å². The lowest BCUT2D eigenvalue weighted by atomic mass is 10.1. The Hall–Kier alpha value is -2.25. The number of aromatic hydroxyl groups is 1. The van der Waals surface area contributed by atoms with Crippen LogP contribution in [0, 0.1) is 3.95 Å². The topological polar surface area (TPSA) is 63.8 Å². The summed E-state index contributed by atoms with van der Waals surface area (Å²) in [7, 11) is 0. The van der Waals surface area contributed by atoms with E-state index in [2.05, 4.69) is 4.99 Å². The molecule has 0 spiro atoms. The summed E-state index contributed by atoms with van der Waals surface area (Å²) in [6, 6.07) is 7.78. The van der Waals surface area contributed by atoms with Gasteiger partial charge in [-0.25, -0.2) is 0 Å². The summed E-state index contributed by atoms with van der Waals surface area (Å²) in [4.78, 5) is 16.7. The van der Waals surface area contributed by atoms with Crippen molar-refractivity contribution in [3.63, 3.8) is 0 Å². The molecule has 0 atom stereocenters. The van der Waals surface area contributed by atoms with Gasteiger partial charge >= 0.3 is 5.97 Å². The molecule has 0 radical (unpaired) electrons. The standard InChI is InChI=1S/C17H16N2O3S2/c1-2-7-22-15(20)10-19-16(21)14(24-17(19)23)8-11-9-18-13-6-4-3-5-12(11)13/h3-6,8-9,21H,2,7,10H2,1H3. The van der Waals surface area contributed by atoms with Crippen LogP contribution in [0.15, 0.2) is 29.3 Å². The fourth-order valence-corrected chi connectivity index (χ4v) is 3.59. The van der Waals surface area contributed by atoms with Gasteiger partial charge in [-0.15, -0.1) is 11.3 Å². The zero-order valence-electron chi connectivity index (χ0n) is 13.1. The molecule has 0 aliphatic carbocycles. The average molecular weight is 360 g/mol. The molecule has 0 bridgehead atoms. The van der Waals surface area contributed by atoms with Crippen molar-refractivity contribution in [3.8, 4) is 5.88 Å². The van der Waals surface area contributed by atoms with Gasteiger partial charge in [0.2, 0.25) is 5.88 Å². The van der Waals surface area contributed by atoms with Gasteiger partial charge in [-0.2, -0.15) is 0 Å². The molecule has 5 nitrogen and oxygen atoms in total. The first-order chi connectivity index (χ1) is 11.6. The van der Waals surface area contributed by atoms with Gasteiger partial charge < -0.3 is 9.84 Å². The Bertz CT molecular complexity index is 893. The fraction of sp³-hybridized carbons (Fsp3) is 0.235. The number of allylic oxidation sites excluding steroid dienone is 1. The maximum Gasteiger partial charge on any atom is 0.326 e. The molecular formula is C17H16N2O3S2. The van der Waals surface area contributed by atoms with Crippen LogP contribution in [-0.4, -0.2) is 28.5 Å². The number of rotatable bonds is 5. The van der Waals surface area contributed by atoms with Crippen LogP contribution in [0.5, 0.6) is 5.88 Å². The molecule has 1 aliphatic heterocycles. The van der Waals surface area contributed by atoms with E-state index < -0.39 is 5.97 Å². The SMILES string of the molecule is CCCOC(=O)Cn1c(O)c(C=C2C=Nc3ccccc32)sc1=S. The van der Waals surface area contributed by atoms with E-state index in [9.17, 15) is 9.90 Å². The van der Waals surface area contributed by atoms with Gasteiger partial charge in [0.05, 0.1) is 17.2 Å². The third-order valence-corrected chi connectivity index (χ3v) is 4.88. The van der Waals surface area contributed by atoms with Crippen molar-refractivity contribution in [2.75, 3.05) is 6.61 Å². The van der Waals surface area contributed by atoms with E-state index in [0.29, 0.717) is 15.4 Å². The largest absolute Gasteiger partial charge is 0.493 e. The Morgan fingerprint density at radius 1 is 1.46 bits per heavy atom. The first-order valence-electron chi connectivity index (χ1n) is 7.53. The van der Waals surface area contributed by atoms with Gasteiger partial charge in [0.1, 0.15) is 6.54 Å². The maximum absolute atomic E-state index is 11.8. The number of thiazole rings is 1. The number of fused-ring (bicyclic) bond motifs is 1. The molecule has 0 unspecified atom stereocenters. The smallest absolute Gasteiger partial charge is 0.326 e. The van der Waals surface area contributed by atoms with E-state index in [4.69, 9.17) is 17.0 Å². The molecule has 1 N–H and O–H groups in total. The third kappa shape index (κ3) is 3.32. The number of hydrogen-bond acceptors (Lipinski definition) is 6. The number of ether oxygens (including phenoxy) is 1. The highest BCUT2D eigenvalue weighted by atomic mass is 32.1. The summed E-state index contributed by atoms with van der Waals surface area (Å²) in [6.45, 7) is 2.20. The summed E-state index contributed by atoms with van der Waals surface area (Å²) >= 11 is 6.51. The number of hydrogen-bond donors (Lipinski definition) is 1. The van der Waals surface area contributed by atoms with Gasteiger partial charge in [-0.05, 0) is 30.8 Å². The molecule has 0 amide bonds. The highest BCUT2D eigenvalue weighted by molar-refractivity contribution is 7.73. The molecule has 0 fully saturated rings. The Labute approximate surface area is 148 Å². The molecule has 2 aromatic rings. The van der Waals surface area contributed by atoms with E-state index in [1.165, 1.54) is 15.9 Å². The molecule has 124 valence electrons. The van der Waals surface area contributed by atoms with E-state index in [0.717, 1.165) is 23.2 Å². The highest BCUT2D eigenvalue weighted by Gasteiger charge is 2.17. The van der Waals surface area contributed by atoms with Crippen molar-refractivity contribution in [3.05, 3.63) is 38.7 Å². The number of aromatic nitrogens is 1. The van der Waals surface area contributed by atoms with Gasteiger partial charge in [-0.1, -0.05) is 25.1 Å². The molecule has 24 heavy (non-hydrogen) atoms. The second-order valence-electron chi connectivity index (χ2n) is 5.24. The molecule has 1 aromatic heterocycles. The Balaban J connectivity index is 1.88. The predicted molar refractivity (Wildman–Crippen MR) is 98.5 cm³/mol. The Morgan fingerprint density at radius 3 is 3.04 bits per heavy atom. The number of carbonyl (C=O) groups excluding carboxylic acids is 1. The minimum absolute atomic E-state index is 0.0243. The minimum atomic E-state index is -0.409. The molecular weight excluding hydrogens is 344 g/mol. The van der Waals surface area contributed by atoms with Crippen LogP contribution in [0.25, 0.3) is 11.6 Å². The Kier molecular flexibility index (Phi) is 4.92. The summed E-state index contributed by atoms with van der Waals surface area (Å²) in [5, 5.41) is 10.4. The summed E-state index contributed by atoms with van der Waals surface area (Å²) < 4.78 is 6.86. The minimum Gasteiger partial charge on any atom is -0.493 e. The number of nitrogens with zero attached hydrogens (tertiary/aromatic N) is 2. The zero-order valence-corrected chi connectivity index (χ0v) is 14.7. The van der Waals surface area contributed by atoms with Crippen LogP contribution in [0.3, 0.4) is 0 Å². The molecule has 2 heterocycles. The monoisotopic (exact) mass is 360 g/mol. The van der Waals surface area contributed by atoms with Crippen LogP contribution in [0.2, 0.25) is 0 Å². The van der Waals surface area contributed by atoms with Gasteiger partial charge in [0, 0.05) is 17.4 Å². The van der Waals surface area contributed by atoms with Crippen molar-refractivity contribution in [2.45, 2.75) is 19.9 Å². The highest BCUT2D eigenvalue weighted by Crippen LogP contribution is 2.35. The maximum atomic E-state index is 11.8. The molecule has 7 heteroatoms. The molecule has 1 aromatic carbocycles. The fourth-order valence-electron chi connectivity index (χ4n) is 2.33. The molecule has 0 saturated carbocycles. The van der Waals surface area contributed by atoms with Crippen LogP contribution >= 0.6 is 23.6 Å². The van der Waals surface area contributed by atoms with E-state index >= 15 is 0 Å². The van der Waals surface area contributed by atoms with Crippen molar-refractivity contribution >= 4 is 53.1 Å². The predicted octanol–water partition coefficient (Wildman–Crippen LogP) is 4.19. The zero-order chi connectivity index (χ0) is 17.1. The lowest BCUT2D eigenvalue weighted by molar-refractivity contribution is -0.144. The van der Waals surface area contributed by atoms with Crippen molar-refractivity contribution < 1.29 is 14.6 Å². The van der Waals surface area contributed by atoms with Crippen molar-refractivity contribution in [1.29, 1.82) is 0 Å². The van der Waals surface area contributed by atoms with Crippen LogP contribution in [-0.2, 0) is 16.1 Å². The average Bonchev–Trinajstić information content (AvgIpc) is 3.10. The second kappa shape index (κ2) is 7.11. The van der Waals surface area contributed by atoms with Crippen LogP contribution in [0.4, 0.5) is 5.69 Å². The molecule has 1 aliphatic rings. The molecule has 3 rings (SSSR count). The summed E-state index contributed by atoms with van der Waals surface area (Å²) in [6.07, 6.45) is 4.34. The van der Waals surface area contributed by atoms with E-state index in [1.54, 1.807) is 6.21 Å². The lowest BCUT2D eigenvalue weighted by Crippen LogP contribution is -2.13. The third-order valence-electron chi connectivity index (χ3n) is 3.49. The number of carbonyl (C=O) groups is 1. The number of para-hydroxylation sites is 1. The second-order valence-corrected chi connectivity index (χ2v) is 6.91. The summed E-state index contributed by atoms with van der Waals surface area (Å²) in [5.41, 5.74) is 2.80. The number of benzene rings is 1. The lowest BCUT2D eigenvalue weighted by Gasteiger charge is -2.05. The van der Waals surface area contributed by atoms with Gasteiger partial charge in [0.25, 0.3) is 0 Å². The number of aliphatic imine (C=N–C) groups is 1. The van der Waals surface area contributed by atoms with Crippen LogP contribution < -0.4 is 0 Å². The van der Waals surface area contributed by atoms with E-state index in [1.807, 2.05) is 37.3 Å². The van der Waals surface area contributed by atoms with Gasteiger partial charge in [0.15, 0.2) is 3.95 Å². The van der Waals surface area contributed by atoms with Crippen molar-refractivity contribution in [2.24, 2.45) is 4.99 Å². The van der Waals surface area contributed by atoms with Crippen LogP contribution in [0.1, 0.15) is 23.8 Å². The van der Waals surface area contributed by atoms with Gasteiger partial charge in [-0.3, -0.25) is 14.4 Å². The number of esters is 1. The van der Waals surface area contributed by atoms with E-state index in [-0.39, 0.29) is 12.4 Å². The summed E-state index contributed by atoms with van der Waals surface area (Å²) in [5.74, 6) is -0.434. The quantitative estimate of drug-likeness (QED) is 0.641. The normalized spacial score (nSPS) is 14.1. The Morgan fingerprint density at radius 2 is 2.25 bits per heavy atom.